The molecule has 0 fully saturated rings. The molecule has 0 aliphatic carbocycles. The predicted octanol–water partition coefficient (Wildman–Crippen LogP) is 3.39. The number of nitrogens with one attached hydrogen (secondary N) is 1. The lowest BCUT2D eigenvalue weighted by molar-refractivity contribution is 0.0947. The number of hydrogen-bond donors (Lipinski definition) is 2. The van der Waals surface area contributed by atoms with Crippen LogP contribution in [0.15, 0.2) is 42.5 Å². The second-order valence-electron chi connectivity index (χ2n) is 5.98. The van der Waals surface area contributed by atoms with Gasteiger partial charge in [-0.2, -0.15) is 0 Å². The predicted molar refractivity (Wildman–Crippen MR) is 92.7 cm³/mol. The lowest BCUT2D eigenvalue weighted by atomic mass is 9.99. The second kappa shape index (κ2) is 7.93. The van der Waals surface area contributed by atoms with Crippen LogP contribution >= 0.6 is 0 Å². The summed E-state index contributed by atoms with van der Waals surface area (Å²) >= 11 is 0. The second-order valence-corrected chi connectivity index (χ2v) is 5.98. The molecule has 0 saturated carbocycles. The van der Waals surface area contributed by atoms with Crippen molar-refractivity contribution in [1.82, 2.24) is 5.32 Å². The molecule has 2 aromatic carbocycles. The van der Waals surface area contributed by atoms with Gasteiger partial charge in [-0.05, 0) is 29.2 Å². The van der Waals surface area contributed by atoms with Crippen molar-refractivity contribution in [2.75, 3.05) is 13.7 Å². The van der Waals surface area contributed by atoms with Gasteiger partial charge in [-0.25, -0.2) is 4.39 Å². The average molecular weight is 330 g/mol. The Morgan fingerprint density at radius 3 is 2.33 bits per heavy atom. The van der Waals surface area contributed by atoms with Crippen molar-refractivity contribution in [3.05, 3.63) is 65.0 Å². The third kappa shape index (κ3) is 4.32. The van der Waals surface area contributed by atoms with Crippen LogP contribution in [0.4, 0.5) is 4.39 Å². The van der Waals surface area contributed by atoms with Crippen LogP contribution in [0.5, 0.6) is 5.75 Å². The van der Waals surface area contributed by atoms with E-state index in [9.17, 15) is 9.18 Å². The topological polar surface area (TPSA) is 64.3 Å². The number of carbonyl (C=O) groups is 1. The molecule has 1 amide bonds. The summed E-state index contributed by atoms with van der Waals surface area (Å²) in [5.41, 5.74) is 8.23. The highest BCUT2D eigenvalue weighted by Crippen LogP contribution is 2.18. The van der Waals surface area contributed by atoms with Gasteiger partial charge in [0.2, 0.25) is 0 Å². The molecular formula is C19H23FN2O2. The Morgan fingerprint density at radius 2 is 1.79 bits per heavy atom. The zero-order chi connectivity index (χ0) is 17.7. The van der Waals surface area contributed by atoms with Gasteiger partial charge in [-0.1, -0.05) is 38.1 Å². The van der Waals surface area contributed by atoms with E-state index in [1.54, 1.807) is 6.07 Å². The van der Waals surface area contributed by atoms with Crippen LogP contribution in [0.25, 0.3) is 0 Å². The molecule has 0 saturated heterocycles. The molecule has 128 valence electrons. The van der Waals surface area contributed by atoms with Crippen molar-refractivity contribution in [2.24, 2.45) is 5.73 Å². The molecule has 0 bridgehead atoms. The van der Waals surface area contributed by atoms with Gasteiger partial charge in [0, 0.05) is 18.7 Å². The molecule has 4 nitrogen and oxygen atoms in total. The Bertz CT molecular complexity index is 699. The maximum atomic E-state index is 13.9. The number of rotatable bonds is 6. The molecule has 0 aromatic heterocycles. The molecule has 0 spiro atoms. The lowest BCUT2D eigenvalue weighted by Crippen LogP contribution is -2.32. The normalized spacial score (nSPS) is 12.1. The average Bonchev–Trinajstić information content (AvgIpc) is 2.59. The maximum absolute atomic E-state index is 13.9. The minimum absolute atomic E-state index is 0.0295. The number of benzene rings is 2. The van der Waals surface area contributed by atoms with Crippen molar-refractivity contribution in [1.29, 1.82) is 0 Å². The van der Waals surface area contributed by atoms with Crippen LogP contribution in [0.1, 0.15) is 47.3 Å². The van der Waals surface area contributed by atoms with Gasteiger partial charge >= 0.3 is 0 Å². The molecule has 2 aromatic rings. The fourth-order valence-electron chi connectivity index (χ4n) is 2.35. The quantitative estimate of drug-likeness (QED) is 0.853. The lowest BCUT2D eigenvalue weighted by Gasteiger charge is -2.15. The number of ether oxygens (including phenoxy) is 1. The van der Waals surface area contributed by atoms with Crippen LogP contribution in [0, 0.1) is 5.82 Å². The Morgan fingerprint density at radius 1 is 1.17 bits per heavy atom. The van der Waals surface area contributed by atoms with Crippen molar-refractivity contribution in [2.45, 2.75) is 25.8 Å². The van der Waals surface area contributed by atoms with Crippen LogP contribution in [-0.2, 0) is 0 Å². The van der Waals surface area contributed by atoms with Gasteiger partial charge in [-0.3, -0.25) is 4.79 Å². The summed E-state index contributed by atoms with van der Waals surface area (Å²) in [7, 11) is 1.44. The molecule has 1 unspecified atom stereocenters. The van der Waals surface area contributed by atoms with Crippen molar-refractivity contribution in [3.8, 4) is 5.75 Å². The van der Waals surface area contributed by atoms with Gasteiger partial charge < -0.3 is 15.8 Å². The van der Waals surface area contributed by atoms with Gasteiger partial charge in [-0.15, -0.1) is 0 Å². The summed E-state index contributed by atoms with van der Waals surface area (Å²) in [5.74, 6) is -0.301. The minimum Gasteiger partial charge on any atom is -0.497 e. The summed E-state index contributed by atoms with van der Waals surface area (Å²) in [4.78, 5) is 12.1. The Labute approximate surface area is 141 Å². The molecule has 2 rings (SSSR count). The monoisotopic (exact) mass is 330 g/mol. The summed E-state index contributed by atoms with van der Waals surface area (Å²) < 4.78 is 18.8. The largest absolute Gasteiger partial charge is 0.497 e. The molecule has 0 aliphatic heterocycles. The maximum Gasteiger partial charge on any atom is 0.254 e. The van der Waals surface area contributed by atoms with Crippen molar-refractivity contribution in [3.63, 3.8) is 0 Å². The Kier molecular flexibility index (Phi) is 5.93. The number of hydrogen-bond acceptors (Lipinski definition) is 3. The molecule has 0 radical (unpaired) electrons. The Balaban J connectivity index is 1.98. The third-order valence-corrected chi connectivity index (χ3v) is 3.93. The van der Waals surface area contributed by atoms with E-state index in [4.69, 9.17) is 10.5 Å². The van der Waals surface area contributed by atoms with Crippen LogP contribution in [0.2, 0.25) is 0 Å². The van der Waals surface area contributed by atoms with E-state index in [0.29, 0.717) is 11.7 Å². The Hall–Kier alpha value is -2.40. The van der Waals surface area contributed by atoms with Crippen LogP contribution in [-0.4, -0.2) is 19.6 Å². The van der Waals surface area contributed by atoms with E-state index in [2.05, 4.69) is 19.2 Å². The summed E-state index contributed by atoms with van der Waals surface area (Å²) in [6.45, 7) is 4.47. The number of methoxy groups -OCH3 is 1. The molecule has 0 heterocycles. The first-order chi connectivity index (χ1) is 11.4. The fraction of sp³-hybridized carbons (Fsp3) is 0.316. The molecule has 1 atom stereocenters. The highest BCUT2D eigenvalue weighted by molar-refractivity contribution is 5.94. The number of halogens is 1. The van der Waals surface area contributed by atoms with E-state index < -0.39 is 11.7 Å². The van der Waals surface area contributed by atoms with Gasteiger partial charge in [0.05, 0.1) is 12.7 Å². The first-order valence-corrected chi connectivity index (χ1v) is 7.89. The first-order valence-electron chi connectivity index (χ1n) is 7.89. The number of amides is 1. The van der Waals surface area contributed by atoms with E-state index >= 15 is 0 Å². The van der Waals surface area contributed by atoms with Gasteiger partial charge in [0.25, 0.3) is 5.91 Å². The zero-order valence-corrected chi connectivity index (χ0v) is 14.2. The van der Waals surface area contributed by atoms with Crippen molar-refractivity contribution < 1.29 is 13.9 Å². The molecule has 0 aliphatic rings. The summed E-state index contributed by atoms with van der Waals surface area (Å²) in [5, 5.41) is 2.67. The number of carbonyl (C=O) groups excluding carboxylic acids is 1. The molecule has 3 N–H and O–H groups in total. The standard InChI is InChI=1S/C19H23FN2O2/c1-12(2)13-4-6-14(7-5-13)18(21)11-22-19(23)16-9-8-15(24-3)10-17(16)20/h4-10,12,18H,11,21H2,1-3H3,(H,22,23). The van der Waals surface area contributed by atoms with Crippen LogP contribution in [0.3, 0.4) is 0 Å². The van der Waals surface area contributed by atoms with Crippen molar-refractivity contribution >= 4 is 5.91 Å². The zero-order valence-electron chi connectivity index (χ0n) is 14.2. The SMILES string of the molecule is COc1ccc(C(=O)NCC(N)c2ccc(C(C)C)cc2)c(F)c1. The molecule has 5 heteroatoms. The third-order valence-electron chi connectivity index (χ3n) is 3.93. The first kappa shape index (κ1) is 17.9. The van der Waals surface area contributed by atoms with E-state index in [0.717, 1.165) is 5.56 Å². The van der Waals surface area contributed by atoms with Gasteiger partial charge in [0.1, 0.15) is 11.6 Å². The van der Waals surface area contributed by atoms with E-state index in [-0.39, 0.29) is 18.2 Å². The summed E-state index contributed by atoms with van der Waals surface area (Å²) in [6.07, 6.45) is 0. The highest BCUT2D eigenvalue weighted by Gasteiger charge is 2.14. The molecular weight excluding hydrogens is 307 g/mol. The highest BCUT2D eigenvalue weighted by atomic mass is 19.1. The molecule has 24 heavy (non-hydrogen) atoms. The van der Waals surface area contributed by atoms with E-state index in [1.807, 2.05) is 24.3 Å². The van der Waals surface area contributed by atoms with Gasteiger partial charge in [0.15, 0.2) is 0 Å². The van der Waals surface area contributed by atoms with E-state index in [1.165, 1.54) is 24.8 Å². The smallest absolute Gasteiger partial charge is 0.254 e. The van der Waals surface area contributed by atoms with Crippen LogP contribution < -0.4 is 15.8 Å². The fourth-order valence-corrected chi connectivity index (χ4v) is 2.35. The number of nitrogens with two attached hydrogens (primary N) is 1. The summed E-state index contributed by atoms with van der Waals surface area (Å²) in [6, 6.07) is 11.8. The minimum atomic E-state index is -0.623.